The number of alkyl halides is 3. The molecule has 198 valence electrons. The minimum Gasteiger partial charge on any atom is -0.476 e. The molecule has 0 saturated heterocycles. The van der Waals surface area contributed by atoms with Gasteiger partial charge in [-0.25, -0.2) is 9.78 Å². The monoisotopic (exact) mass is 534 g/mol. The van der Waals surface area contributed by atoms with Gasteiger partial charge in [0, 0.05) is 12.1 Å². The molecule has 1 amide bonds. The van der Waals surface area contributed by atoms with Gasteiger partial charge < -0.3 is 14.8 Å². The number of amides is 1. The first-order chi connectivity index (χ1) is 17.5. The van der Waals surface area contributed by atoms with Crippen molar-refractivity contribution in [2.45, 2.75) is 52.3 Å². The maximum atomic E-state index is 12.8. The summed E-state index contributed by atoms with van der Waals surface area (Å²) >= 11 is 1.14. The molecule has 3 aromatic rings. The van der Waals surface area contributed by atoms with Gasteiger partial charge in [-0.15, -0.1) is 11.3 Å². The normalized spacial score (nSPS) is 13.1. The van der Waals surface area contributed by atoms with Gasteiger partial charge in [0.15, 0.2) is 0 Å². The number of ether oxygens (including phenoxy) is 2. The van der Waals surface area contributed by atoms with Crippen molar-refractivity contribution in [1.29, 1.82) is 0 Å². The summed E-state index contributed by atoms with van der Waals surface area (Å²) in [6.07, 6.45) is -3.38. The molecule has 1 unspecified atom stereocenters. The maximum Gasteiger partial charge on any atom is 0.416 e. The van der Waals surface area contributed by atoms with Crippen LogP contribution in [0.1, 0.15) is 53.7 Å². The Labute approximate surface area is 217 Å². The van der Waals surface area contributed by atoms with E-state index in [1.54, 1.807) is 32.9 Å². The third-order valence-electron chi connectivity index (χ3n) is 5.81. The predicted octanol–water partition coefficient (Wildman–Crippen LogP) is 6.22. The number of nitrogens with zero attached hydrogens (tertiary/aromatic N) is 1. The van der Waals surface area contributed by atoms with Gasteiger partial charge in [0.05, 0.1) is 17.9 Å². The summed E-state index contributed by atoms with van der Waals surface area (Å²) in [7, 11) is 0. The molecule has 1 heterocycles. The largest absolute Gasteiger partial charge is 0.476 e. The first-order valence-electron chi connectivity index (χ1n) is 11.8. The smallest absolute Gasteiger partial charge is 0.416 e. The van der Waals surface area contributed by atoms with Crippen LogP contribution < -0.4 is 10.1 Å². The van der Waals surface area contributed by atoms with E-state index in [2.05, 4.69) is 10.3 Å². The Morgan fingerprint density at radius 3 is 2.24 bits per heavy atom. The summed E-state index contributed by atoms with van der Waals surface area (Å²) in [5, 5.41) is 3.34. The first kappa shape index (κ1) is 28.2. The molecule has 0 saturated carbocycles. The van der Waals surface area contributed by atoms with Crippen molar-refractivity contribution in [2.24, 2.45) is 0 Å². The van der Waals surface area contributed by atoms with Gasteiger partial charge in [0.1, 0.15) is 15.6 Å². The molecule has 0 aliphatic rings. The zero-order chi connectivity index (χ0) is 27.2. The second kappa shape index (κ2) is 11.8. The van der Waals surface area contributed by atoms with E-state index in [4.69, 9.17) is 9.47 Å². The third kappa shape index (κ3) is 7.09. The maximum absolute atomic E-state index is 12.8. The zero-order valence-electron chi connectivity index (χ0n) is 21.1. The Balaban J connectivity index is 1.56. The van der Waals surface area contributed by atoms with Gasteiger partial charge in [-0.2, -0.15) is 13.2 Å². The number of aryl methyl sites for hydroxylation is 1. The molecule has 1 atom stereocenters. The standard InChI is InChI=1S/C27H29F3N2O4S/c1-5-26(4,25(34)35-6-2)36-21-13-7-18(8-14-21)15-16-31-23(33)22-17(3)32-24(37-22)19-9-11-20(12-10-19)27(28,29)30/h7-14H,5-6,15-16H2,1-4H3,(H,31,33). The van der Waals surface area contributed by atoms with E-state index in [9.17, 15) is 22.8 Å². The topological polar surface area (TPSA) is 77.5 Å². The number of carbonyl (C=O) groups is 2. The fraction of sp³-hybridized carbons (Fsp3) is 0.370. The van der Waals surface area contributed by atoms with Gasteiger partial charge in [0.2, 0.25) is 5.60 Å². The van der Waals surface area contributed by atoms with Crippen LogP contribution in [0.4, 0.5) is 13.2 Å². The second-order valence-electron chi connectivity index (χ2n) is 8.57. The average Bonchev–Trinajstić information content (AvgIpc) is 3.26. The van der Waals surface area contributed by atoms with Crippen molar-refractivity contribution < 1.29 is 32.2 Å². The van der Waals surface area contributed by atoms with Gasteiger partial charge in [0.25, 0.3) is 5.91 Å². The number of hydrogen-bond donors (Lipinski definition) is 1. The molecular formula is C27H29F3N2O4S. The number of nitrogens with one attached hydrogen (secondary N) is 1. The summed E-state index contributed by atoms with van der Waals surface area (Å²) in [5.41, 5.74) is 0.190. The van der Waals surface area contributed by atoms with Crippen LogP contribution in [0.5, 0.6) is 5.75 Å². The molecule has 0 aliphatic heterocycles. The lowest BCUT2D eigenvalue weighted by molar-refractivity contribution is -0.160. The van der Waals surface area contributed by atoms with E-state index >= 15 is 0 Å². The van der Waals surface area contributed by atoms with Gasteiger partial charge in [-0.3, -0.25) is 4.79 Å². The Morgan fingerprint density at radius 1 is 1.03 bits per heavy atom. The summed E-state index contributed by atoms with van der Waals surface area (Å²) in [6, 6.07) is 12.0. The SMILES string of the molecule is CCOC(=O)C(C)(CC)Oc1ccc(CCNC(=O)c2sc(-c3ccc(C(F)(F)F)cc3)nc2C)cc1. The lowest BCUT2D eigenvalue weighted by atomic mass is 10.0. The predicted molar refractivity (Wildman–Crippen MR) is 136 cm³/mol. The molecule has 1 N–H and O–H groups in total. The molecule has 0 bridgehead atoms. The molecule has 1 aromatic heterocycles. The van der Waals surface area contributed by atoms with Crippen LogP contribution in [0.25, 0.3) is 10.6 Å². The number of esters is 1. The molecule has 6 nitrogen and oxygen atoms in total. The fourth-order valence-corrected chi connectivity index (χ4v) is 4.45. The number of halogens is 3. The number of hydrogen-bond acceptors (Lipinski definition) is 6. The van der Waals surface area contributed by atoms with Crippen molar-refractivity contribution in [1.82, 2.24) is 10.3 Å². The Kier molecular flexibility index (Phi) is 8.96. The van der Waals surface area contributed by atoms with Crippen molar-refractivity contribution >= 4 is 23.2 Å². The van der Waals surface area contributed by atoms with Crippen molar-refractivity contribution in [3.63, 3.8) is 0 Å². The van der Waals surface area contributed by atoms with Crippen LogP contribution >= 0.6 is 11.3 Å². The van der Waals surface area contributed by atoms with E-state index < -0.39 is 23.3 Å². The van der Waals surface area contributed by atoms with Crippen LogP contribution in [0.3, 0.4) is 0 Å². The van der Waals surface area contributed by atoms with E-state index in [1.165, 1.54) is 12.1 Å². The van der Waals surface area contributed by atoms with E-state index in [0.29, 0.717) is 46.3 Å². The van der Waals surface area contributed by atoms with E-state index in [1.807, 2.05) is 19.1 Å². The minimum atomic E-state index is -4.41. The van der Waals surface area contributed by atoms with E-state index in [-0.39, 0.29) is 12.5 Å². The Morgan fingerprint density at radius 2 is 1.68 bits per heavy atom. The molecule has 0 fully saturated rings. The average molecular weight is 535 g/mol. The molecule has 0 radical (unpaired) electrons. The Bertz CT molecular complexity index is 1220. The lowest BCUT2D eigenvalue weighted by Crippen LogP contribution is -2.42. The fourth-order valence-electron chi connectivity index (χ4n) is 3.46. The van der Waals surface area contributed by atoms with Crippen LogP contribution in [0, 0.1) is 6.92 Å². The van der Waals surface area contributed by atoms with Gasteiger partial charge in [-0.1, -0.05) is 31.2 Å². The molecular weight excluding hydrogens is 505 g/mol. The molecule has 0 aliphatic carbocycles. The van der Waals surface area contributed by atoms with E-state index in [0.717, 1.165) is 29.0 Å². The van der Waals surface area contributed by atoms with Crippen LogP contribution in [0.15, 0.2) is 48.5 Å². The number of aromatic nitrogens is 1. The quantitative estimate of drug-likeness (QED) is 0.313. The number of carbonyl (C=O) groups excluding carboxylic acids is 2. The highest BCUT2D eigenvalue weighted by molar-refractivity contribution is 7.17. The summed E-state index contributed by atoms with van der Waals surface area (Å²) in [6.45, 7) is 7.64. The third-order valence-corrected chi connectivity index (χ3v) is 7.01. The van der Waals surface area contributed by atoms with Crippen molar-refractivity contribution in [2.75, 3.05) is 13.2 Å². The van der Waals surface area contributed by atoms with Crippen LogP contribution in [-0.4, -0.2) is 35.6 Å². The zero-order valence-corrected chi connectivity index (χ0v) is 21.9. The highest BCUT2D eigenvalue weighted by Crippen LogP contribution is 2.33. The second-order valence-corrected chi connectivity index (χ2v) is 9.56. The number of rotatable bonds is 10. The summed E-state index contributed by atoms with van der Waals surface area (Å²) in [5.74, 6) is -0.160. The summed E-state index contributed by atoms with van der Waals surface area (Å²) < 4.78 is 49.4. The van der Waals surface area contributed by atoms with Crippen LogP contribution in [-0.2, 0) is 22.1 Å². The van der Waals surface area contributed by atoms with Gasteiger partial charge in [-0.05, 0) is 63.4 Å². The molecule has 3 rings (SSSR count). The summed E-state index contributed by atoms with van der Waals surface area (Å²) in [4.78, 5) is 29.7. The molecule has 10 heteroatoms. The van der Waals surface area contributed by atoms with Crippen LogP contribution in [0.2, 0.25) is 0 Å². The number of thiazole rings is 1. The highest BCUT2D eigenvalue weighted by Gasteiger charge is 2.35. The number of benzene rings is 2. The molecule has 2 aromatic carbocycles. The van der Waals surface area contributed by atoms with Crippen molar-refractivity contribution in [3.05, 3.63) is 70.2 Å². The van der Waals surface area contributed by atoms with Gasteiger partial charge >= 0.3 is 12.1 Å². The lowest BCUT2D eigenvalue weighted by Gasteiger charge is -2.27. The molecule has 37 heavy (non-hydrogen) atoms. The Hall–Kier alpha value is -3.40. The van der Waals surface area contributed by atoms with Crippen molar-refractivity contribution in [3.8, 4) is 16.3 Å². The first-order valence-corrected chi connectivity index (χ1v) is 12.7. The minimum absolute atomic E-state index is 0.278. The highest BCUT2D eigenvalue weighted by atomic mass is 32.1. The molecule has 0 spiro atoms.